The van der Waals surface area contributed by atoms with Gasteiger partial charge < -0.3 is 5.32 Å². The Morgan fingerprint density at radius 3 is 2.76 bits per heavy atom. The molecule has 0 spiro atoms. The third-order valence-electron chi connectivity index (χ3n) is 2.79. The van der Waals surface area contributed by atoms with Crippen LogP contribution < -0.4 is 5.32 Å². The van der Waals surface area contributed by atoms with E-state index in [0.717, 1.165) is 6.54 Å². The zero-order valence-electron chi connectivity index (χ0n) is 10.4. The lowest BCUT2D eigenvalue weighted by atomic mass is 10.1. The molecule has 0 fully saturated rings. The lowest BCUT2D eigenvalue weighted by Gasteiger charge is -2.15. The number of aryl methyl sites for hydroxylation is 1. The Kier molecular flexibility index (Phi) is 4.31. The van der Waals surface area contributed by atoms with Crippen molar-refractivity contribution in [3.63, 3.8) is 0 Å². The van der Waals surface area contributed by atoms with Gasteiger partial charge in [-0.15, -0.1) is 22.7 Å². The summed E-state index contributed by atoms with van der Waals surface area (Å²) in [5.74, 6) is 0.485. The van der Waals surface area contributed by atoms with E-state index < -0.39 is 0 Å². The Labute approximate surface area is 111 Å². The third kappa shape index (κ3) is 3.37. The Bertz CT molecular complexity index is 448. The maximum atomic E-state index is 4.35. The summed E-state index contributed by atoms with van der Waals surface area (Å²) in [6.45, 7) is 7.57. The molecule has 0 saturated carbocycles. The number of thiazole rings is 1. The van der Waals surface area contributed by atoms with E-state index in [2.05, 4.69) is 43.2 Å². The summed E-state index contributed by atoms with van der Waals surface area (Å²) >= 11 is 3.60. The minimum Gasteiger partial charge on any atom is -0.309 e. The van der Waals surface area contributed by atoms with Crippen LogP contribution in [0, 0.1) is 6.92 Å². The molecule has 2 rings (SSSR count). The molecule has 2 atom stereocenters. The highest BCUT2D eigenvalue weighted by molar-refractivity contribution is 7.12. The first kappa shape index (κ1) is 12.7. The van der Waals surface area contributed by atoms with Crippen molar-refractivity contribution >= 4 is 22.7 Å². The van der Waals surface area contributed by atoms with Gasteiger partial charge in [-0.05, 0) is 26.0 Å². The van der Waals surface area contributed by atoms with Crippen molar-refractivity contribution in [3.8, 4) is 0 Å². The lowest BCUT2D eigenvalue weighted by Crippen LogP contribution is -2.22. The molecule has 0 aliphatic carbocycles. The summed E-state index contributed by atoms with van der Waals surface area (Å²) < 4.78 is 0. The Morgan fingerprint density at radius 2 is 2.18 bits per heavy atom. The van der Waals surface area contributed by atoms with E-state index in [1.165, 1.54) is 14.8 Å². The Hall–Kier alpha value is -0.710. The van der Waals surface area contributed by atoms with Crippen LogP contribution in [0.5, 0.6) is 0 Å². The highest BCUT2D eigenvalue weighted by Crippen LogP contribution is 2.23. The molecular weight excluding hydrogens is 248 g/mol. The maximum Gasteiger partial charge on any atom is 0.0965 e. The largest absolute Gasteiger partial charge is 0.309 e. The maximum absolute atomic E-state index is 4.35. The van der Waals surface area contributed by atoms with Gasteiger partial charge in [0, 0.05) is 39.8 Å². The molecule has 4 heteroatoms. The zero-order chi connectivity index (χ0) is 12.3. The molecule has 0 bridgehead atoms. The molecule has 0 aromatic carbocycles. The normalized spacial score (nSPS) is 14.8. The molecule has 0 aliphatic rings. The zero-order valence-corrected chi connectivity index (χ0v) is 12.1. The summed E-state index contributed by atoms with van der Waals surface area (Å²) in [6, 6.07) is 4.82. The number of nitrogens with one attached hydrogen (secondary N) is 1. The van der Waals surface area contributed by atoms with Gasteiger partial charge in [0.2, 0.25) is 0 Å². The van der Waals surface area contributed by atoms with Crippen molar-refractivity contribution in [3.05, 3.63) is 38.5 Å². The minimum atomic E-state index is 0.427. The molecule has 2 aromatic heterocycles. The van der Waals surface area contributed by atoms with Crippen molar-refractivity contribution in [2.45, 2.75) is 32.7 Å². The van der Waals surface area contributed by atoms with Crippen LogP contribution in [0.15, 0.2) is 23.7 Å². The van der Waals surface area contributed by atoms with Crippen LogP contribution in [0.4, 0.5) is 0 Å². The van der Waals surface area contributed by atoms with E-state index in [9.17, 15) is 0 Å². The fourth-order valence-corrected chi connectivity index (χ4v) is 3.31. The molecule has 0 amide bonds. The average Bonchev–Trinajstić information content (AvgIpc) is 2.95. The van der Waals surface area contributed by atoms with Crippen molar-refractivity contribution < 1.29 is 0 Å². The molecule has 0 aliphatic heterocycles. The molecule has 17 heavy (non-hydrogen) atoms. The van der Waals surface area contributed by atoms with Crippen LogP contribution in [0.25, 0.3) is 0 Å². The second-order valence-corrected chi connectivity index (χ2v) is 6.60. The van der Waals surface area contributed by atoms with E-state index in [-0.39, 0.29) is 0 Å². The van der Waals surface area contributed by atoms with E-state index in [4.69, 9.17) is 0 Å². The van der Waals surface area contributed by atoms with Gasteiger partial charge >= 0.3 is 0 Å². The standard InChI is InChI=1S/C13H18N2S2/c1-9(13-14-6-7-16-13)8-15-11(3)12-5-4-10(2)17-12/h4-7,9,11,15H,8H2,1-3H3. The molecule has 1 N–H and O–H groups in total. The number of nitrogens with zero attached hydrogens (tertiary/aromatic N) is 1. The summed E-state index contributed by atoms with van der Waals surface area (Å²) in [5.41, 5.74) is 0. The first-order chi connectivity index (χ1) is 8.16. The summed E-state index contributed by atoms with van der Waals surface area (Å²) in [5, 5.41) is 6.83. The molecular formula is C13H18N2S2. The first-order valence-corrected chi connectivity index (χ1v) is 7.55. The highest BCUT2D eigenvalue weighted by Gasteiger charge is 2.11. The molecule has 2 unspecified atom stereocenters. The predicted molar refractivity (Wildman–Crippen MR) is 76.0 cm³/mol. The van der Waals surface area contributed by atoms with Gasteiger partial charge in [0.15, 0.2) is 0 Å². The summed E-state index contributed by atoms with van der Waals surface area (Å²) in [7, 11) is 0. The van der Waals surface area contributed by atoms with Gasteiger partial charge in [-0.1, -0.05) is 6.92 Å². The minimum absolute atomic E-state index is 0.427. The molecule has 2 nitrogen and oxygen atoms in total. The second kappa shape index (κ2) is 5.76. The molecule has 0 saturated heterocycles. The lowest BCUT2D eigenvalue weighted by molar-refractivity contribution is 0.542. The summed E-state index contributed by atoms with van der Waals surface area (Å²) in [4.78, 5) is 7.14. The number of thiophene rings is 1. The van der Waals surface area contributed by atoms with Crippen LogP contribution in [0.1, 0.15) is 40.6 Å². The van der Waals surface area contributed by atoms with Crippen molar-refractivity contribution in [2.24, 2.45) is 0 Å². The summed E-state index contributed by atoms with van der Waals surface area (Å²) in [6.07, 6.45) is 1.88. The van der Waals surface area contributed by atoms with Crippen LogP contribution in [0.2, 0.25) is 0 Å². The van der Waals surface area contributed by atoms with Crippen LogP contribution in [-0.4, -0.2) is 11.5 Å². The topological polar surface area (TPSA) is 24.9 Å². The van der Waals surface area contributed by atoms with Gasteiger partial charge in [0.1, 0.15) is 0 Å². The molecule has 2 heterocycles. The van der Waals surface area contributed by atoms with Crippen molar-refractivity contribution in [1.29, 1.82) is 0 Å². The fraction of sp³-hybridized carbons (Fsp3) is 0.462. The SMILES string of the molecule is Cc1ccc(C(C)NCC(C)c2nccs2)s1. The average molecular weight is 266 g/mol. The van der Waals surface area contributed by atoms with E-state index in [1.807, 2.05) is 22.9 Å². The van der Waals surface area contributed by atoms with Gasteiger partial charge in [0.25, 0.3) is 0 Å². The van der Waals surface area contributed by atoms with Gasteiger partial charge in [0.05, 0.1) is 5.01 Å². The highest BCUT2D eigenvalue weighted by atomic mass is 32.1. The van der Waals surface area contributed by atoms with E-state index >= 15 is 0 Å². The van der Waals surface area contributed by atoms with Crippen LogP contribution in [0.3, 0.4) is 0 Å². The number of hydrogen-bond donors (Lipinski definition) is 1. The molecule has 0 radical (unpaired) electrons. The van der Waals surface area contributed by atoms with E-state index in [1.54, 1.807) is 11.3 Å². The Balaban J connectivity index is 1.86. The smallest absolute Gasteiger partial charge is 0.0965 e. The monoisotopic (exact) mass is 266 g/mol. The number of rotatable bonds is 5. The van der Waals surface area contributed by atoms with Crippen LogP contribution >= 0.6 is 22.7 Å². The molecule has 2 aromatic rings. The van der Waals surface area contributed by atoms with Gasteiger partial charge in [-0.25, -0.2) is 4.98 Å². The van der Waals surface area contributed by atoms with Gasteiger partial charge in [-0.3, -0.25) is 0 Å². The van der Waals surface area contributed by atoms with E-state index in [0.29, 0.717) is 12.0 Å². The number of aromatic nitrogens is 1. The fourth-order valence-electron chi connectivity index (χ4n) is 1.71. The Morgan fingerprint density at radius 1 is 1.35 bits per heavy atom. The van der Waals surface area contributed by atoms with Gasteiger partial charge in [-0.2, -0.15) is 0 Å². The quantitative estimate of drug-likeness (QED) is 0.886. The van der Waals surface area contributed by atoms with Crippen molar-refractivity contribution in [2.75, 3.05) is 6.54 Å². The van der Waals surface area contributed by atoms with Crippen molar-refractivity contribution in [1.82, 2.24) is 10.3 Å². The van der Waals surface area contributed by atoms with Crippen LogP contribution in [-0.2, 0) is 0 Å². The number of hydrogen-bond acceptors (Lipinski definition) is 4. The third-order valence-corrected chi connectivity index (χ3v) is 4.98. The first-order valence-electron chi connectivity index (χ1n) is 5.86. The molecule has 92 valence electrons. The second-order valence-electron chi connectivity index (χ2n) is 4.35. The predicted octanol–water partition coefficient (Wildman–Crippen LogP) is 3.97.